The molecule has 1 amide bonds. The van der Waals surface area contributed by atoms with Crippen LogP contribution in [-0.2, 0) is 9.59 Å². The van der Waals surface area contributed by atoms with Gasteiger partial charge in [0.25, 0.3) is 0 Å². The molecule has 1 aromatic rings. The van der Waals surface area contributed by atoms with Gasteiger partial charge in [-0.15, -0.1) is 0 Å². The first-order chi connectivity index (χ1) is 10.0. The average molecular weight is 312 g/mol. The summed E-state index contributed by atoms with van der Waals surface area (Å²) >= 11 is 5.94. The number of carboxylic acids is 1. The van der Waals surface area contributed by atoms with Crippen LogP contribution in [0.25, 0.3) is 0 Å². The highest BCUT2D eigenvalue weighted by Crippen LogP contribution is 2.36. The molecule has 2 N–H and O–H groups in total. The number of hydrogen-bond donors (Lipinski definition) is 2. The topological polar surface area (TPSA) is 75.6 Å². The molecule has 21 heavy (non-hydrogen) atoms. The van der Waals surface area contributed by atoms with Gasteiger partial charge in [-0.05, 0) is 37.5 Å². The van der Waals surface area contributed by atoms with Gasteiger partial charge >= 0.3 is 5.97 Å². The number of carbonyl (C=O) groups excluding carboxylic acids is 1. The van der Waals surface area contributed by atoms with E-state index in [0.717, 1.165) is 6.42 Å². The average Bonchev–Trinajstić information content (AvgIpc) is 2.35. The third-order valence-corrected chi connectivity index (χ3v) is 3.82. The van der Waals surface area contributed by atoms with Gasteiger partial charge in [-0.2, -0.15) is 0 Å². The minimum Gasteiger partial charge on any atom is -0.491 e. The maximum Gasteiger partial charge on any atom is 0.307 e. The van der Waals surface area contributed by atoms with E-state index in [1.165, 1.54) is 0 Å². The molecule has 5 nitrogen and oxygen atoms in total. The molecule has 0 heterocycles. The van der Waals surface area contributed by atoms with Gasteiger partial charge in [0.15, 0.2) is 0 Å². The molecule has 1 aliphatic carbocycles. The highest BCUT2D eigenvalue weighted by Gasteiger charge is 2.41. The number of ether oxygens (including phenoxy) is 1. The largest absolute Gasteiger partial charge is 0.491 e. The predicted octanol–water partition coefficient (Wildman–Crippen LogP) is 3.18. The predicted molar refractivity (Wildman–Crippen MR) is 79.7 cm³/mol. The van der Waals surface area contributed by atoms with E-state index < -0.39 is 17.8 Å². The maximum atomic E-state index is 12.2. The maximum absolute atomic E-state index is 12.2. The highest BCUT2D eigenvalue weighted by molar-refractivity contribution is 6.31. The van der Waals surface area contributed by atoms with E-state index in [-0.39, 0.29) is 5.91 Å². The lowest BCUT2D eigenvalue weighted by Crippen LogP contribution is -2.41. The van der Waals surface area contributed by atoms with E-state index in [1.54, 1.807) is 18.2 Å². The van der Waals surface area contributed by atoms with Crippen LogP contribution < -0.4 is 10.1 Å². The van der Waals surface area contributed by atoms with Crippen LogP contribution in [0.1, 0.15) is 26.2 Å². The Bertz CT molecular complexity index is 546. The van der Waals surface area contributed by atoms with Gasteiger partial charge in [0.1, 0.15) is 5.75 Å². The summed E-state index contributed by atoms with van der Waals surface area (Å²) in [5.74, 6) is -1.75. The zero-order valence-corrected chi connectivity index (χ0v) is 12.5. The molecule has 2 rings (SSSR count). The summed E-state index contributed by atoms with van der Waals surface area (Å²) in [5, 5.41) is 12.2. The smallest absolute Gasteiger partial charge is 0.307 e. The molecule has 1 saturated carbocycles. The van der Waals surface area contributed by atoms with Gasteiger partial charge < -0.3 is 15.2 Å². The fourth-order valence-electron chi connectivity index (χ4n) is 2.27. The Morgan fingerprint density at radius 2 is 2.10 bits per heavy atom. The summed E-state index contributed by atoms with van der Waals surface area (Å²) in [4.78, 5) is 23.2. The summed E-state index contributed by atoms with van der Waals surface area (Å²) in [5.41, 5.74) is 0.483. The molecule has 1 aromatic carbocycles. The first-order valence-electron chi connectivity index (χ1n) is 6.99. The molecule has 0 spiro atoms. The number of halogens is 1. The molecule has 6 heteroatoms. The third kappa shape index (κ3) is 3.67. The van der Waals surface area contributed by atoms with Crippen molar-refractivity contribution >= 4 is 29.2 Å². The standard InChI is InChI=1S/C15H18ClNO4/c1-2-7-21-13-6-3-9(16)8-12(13)17-14(18)10-4-5-11(10)15(19)20/h3,6,8,10-11H,2,4-5,7H2,1H3,(H,17,18)(H,19,20). The molecule has 0 saturated heterocycles. The number of anilines is 1. The Morgan fingerprint density at radius 3 is 2.67 bits per heavy atom. The van der Waals surface area contributed by atoms with Crippen molar-refractivity contribution in [1.29, 1.82) is 0 Å². The van der Waals surface area contributed by atoms with Crippen molar-refractivity contribution < 1.29 is 19.4 Å². The van der Waals surface area contributed by atoms with Crippen LogP contribution in [-0.4, -0.2) is 23.6 Å². The fraction of sp³-hybridized carbons (Fsp3) is 0.467. The van der Waals surface area contributed by atoms with E-state index in [2.05, 4.69) is 5.32 Å². The van der Waals surface area contributed by atoms with Crippen molar-refractivity contribution in [1.82, 2.24) is 0 Å². The van der Waals surface area contributed by atoms with Crippen molar-refractivity contribution in [3.63, 3.8) is 0 Å². The number of aliphatic carboxylic acids is 1. The Labute approximate surface area is 128 Å². The van der Waals surface area contributed by atoms with Crippen LogP contribution in [0.5, 0.6) is 5.75 Å². The van der Waals surface area contributed by atoms with E-state index in [9.17, 15) is 9.59 Å². The Morgan fingerprint density at radius 1 is 1.38 bits per heavy atom. The van der Waals surface area contributed by atoms with Gasteiger partial charge in [-0.25, -0.2) is 0 Å². The monoisotopic (exact) mass is 311 g/mol. The van der Waals surface area contributed by atoms with Crippen LogP contribution in [0.3, 0.4) is 0 Å². The Kier molecular flexibility index (Phi) is 5.07. The van der Waals surface area contributed by atoms with Gasteiger partial charge in [0.05, 0.1) is 24.1 Å². The zero-order chi connectivity index (χ0) is 15.4. The number of benzene rings is 1. The summed E-state index contributed by atoms with van der Waals surface area (Å²) in [6.07, 6.45) is 1.98. The SMILES string of the molecule is CCCOc1ccc(Cl)cc1NC(=O)C1CCC1C(=O)O. The van der Waals surface area contributed by atoms with Crippen molar-refractivity contribution in [2.45, 2.75) is 26.2 Å². The fourth-order valence-corrected chi connectivity index (χ4v) is 2.44. The molecule has 0 radical (unpaired) electrons. The van der Waals surface area contributed by atoms with Crippen molar-refractivity contribution in [3.05, 3.63) is 23.2 Å². The van der Waals surface area contributed by atoms with Crippen molar-refractivity contribution in [2.75, 3.05) is 11.9 Å². The Hall–Kier alpha value is -1.75. The van der Waals surface area contributed by atoms with Crippen molar-refractivity contribution in [3.8, 4) is 5.75 Å². The molecule has 0 bridgehead atoms. The van der Waals surface area contributed by atoms with Crippen LogP contribution >= 0.6 is 11.6 Å². The molecular weight excluding hydrogens is 294 g/mol. The highest BCUT2D eigenvalue weighted by atomic mass is 35.5. The number of hydrogen-bond acceptors (Lipinski definition) is 3. The quantitative estimate of drug-likeness (QED) is 0.846. The van der Waals surface area contributed by atoms with Crippen LogP contribution in [0, 0.1) is 11.8 Å². The summed E-state index contributed by atoms with van der Waals surface area (Å²) in [6, 6.07) is 4.99. The Balaban J connectivity index is 2.09. The van der Waals surface area contributed by atoms with Crippen LogP contribution in [0.15, 0.2) is 18.2 Å². The molecule has 2 unspecified atom stereocenters. The molecule has 1 aliphatic rings. The minimum absolute atomic E-state index is 0.294. The number of nitrogens with one attached hydrogen (secondary N) is 1. The van der Waals surface area contributed by atoms with E-state index in [4.69, 9.17) is 21.4 Å². The number of amides is 1. The summed E-state index contributed by atoms with van der Waals surface area (Å²) < 4.78 is 5.56. The summed E-state index contributed by atoms with van der Waals surface area (Å²) in [6.45, 7) is 2.52. The molecular formula is C15H18ClNO4. The van der Waals surface area contributed by atoms with Crippen LogP contribution in [0.4, 0.5) is 5.69 Å². The second kappa shape index (κ2) is 6.80. The number of carbonyl (C=O) groups is 2. The van der Waals surface area contributed by atoms with Gasteiger partial charge in [0.2, 0.25) is 5.91 Å². The molecule has 0 aliphatic heterocycles. The number of rotatable bonds is 6. The number of carboxylic acid groups (broad SMARTS) is 1. The van der Waals surface area contributed by atoms with Gasteiger partial charge in [-0.1, -0.05) is 18.5 Å². The van der Waals surface area contributed by atoms with Crippen molar-refractivity contribution in [2.24, 2.45) is 11.8 Å². The minimum atomic E-state index is -0.921. The molecule has 0 aromatic heterocycles. The van der Waals surface area contributed by atoms with Crippen LogP contribution in [0.2, 0.25) is 5.02 Å². The lowest BCUT2D eigenvalue weighted by molar-refractivity contribution is -0.151. The second-order valence-corrected chi connectivity index (χ2v) is 5.54. The zero-order valence-electron chi connectivity index (χ0n) is 11.8. The third-order valence-electron chi connectivity index (χ3n) is 3.59. The second-order valence-electron chi connectivity index (χ2n) is 5.11. The molecule has 2 atom stereocenters. The summed E-state index contributed by atoms with van der Waals surface area (Å²) in [7, 11) is 0. The first kappa shape index (κ1) is 15.6. The van der Waals surface area contributed by atoms with Gasteiger partial charge in [0, 0.05) is 5.02 Å². The first-order valence-corrected chi connectivity index (χ1v) is 7.36. The lowest BCUT2D eigenvalue weighted by Gasteiger charge is -2.32. The van der Waals surface area contributed by atoms with E-state index >= 15 is 0 Å². The van der Waals surface area contributed by atoms with Gasteiger partial charge in [-0.3, -0.25) is 9.59 Å². The molecule has 114 valence electrons. The lowest BCUT2D eigenvalue weighted by atomic mass is 9.73. The molecule has 1 fully saturated rings. The van der Waals surface area contributed by atoms with E-state index in [1.807, 2.05) is 6.92 Å². The normalized spacial score (nSPS) is 20.5. The van der Waals surface area contributed by atoms with E-state index in [0.29, 0.717) is 35.9 Å².